The first-order chi connectivity index (χ1) is 13.1. The topological polar surface area (TPSA) is 102 Å². The third-order valence-electron chi connectivity index (χ3n) is 3.88. The molecular weight excluding hydrogens is 379 g/mol. The van der Waals surface area contributed by atoms with Gasteiger partial charge < -0.3 is 10.4 Å². The largest absolute Gasteiger partial charge is 0.477 e. The predicted molar refractivity (Wildman–Crippen MR) is 90.9 cm³/mol. The zero-order valence-electron chi connectivity index (χ0n) is 14.4. The Morgan fingerprint density at radius 2 is 1.96 bits per heavy atom. The van der Waals surface area contributed by atoms with Crippen molar-refractivity contribution in [3.8, 4) is 0 Å². The summed E-state index contributed by atoms with van der Waals surface area (Å²) in [5.74, 6) is -1.99. The van der Waals surface area contributed by atoms with Crippen molar-refractivity contribution in [2.24, 2.45) is 7.05 Å². The molecule has 1 aromatic carbocycles. The van der Waals surface area contributed by atoms with Crippen LogP contribution in [0.5, 0.6) is 0 Å². The number of amides is 1. The molecule has 11 heteroatoms. The van der Waals surface area contributed by atoms with Gasteiger partial charge in [0, 0.05) is 13.2 Å². The lowest BCUT2D eigenvalue weighted by molar-refractivity contribution is -0.137. The predicted octanol–water partition coefficient (Wildman–Crippen LogP) is 2.63. The number of aryl methyl sites for hydroxylation is 1. The van der Waals surface area contributed by atoms with Crippen molar-refractivity contribution in [2.45, 2.75) is 12.7 Å². The van der Waals surface area contributed by atoms with Gasteiger partial charge in [-0.1, -0.05) is 12.1 Å². The molecule has 0 atom stereocenters. The monoisotopic (exact) mass is 393 g/mol. The normalized spacial score (nSPS) is 11.4. The molecule has 8 nitrogen and oxygen atoms in total. The molecule has 0 aliphatic carbocycles. The van der Waals surface area contributed by atoms with E-state index in [1.807, 2.05) is 0 Å². The van der Waals surface area contributed by atoms with E-state index in [4.69, 9.17) is 5.11 Å². The molecule has 0 aliphatic heterocycles. The van der Waals surface area contributed by atoms with Crippen molar-refractivity contribution in [2.75, 3.05) is 5.32 Å². The SMILES string of the molecule is Cn1ncc(C(=O)Nc2cnn(Cc3cccc(C(F)(F)F)c3)c2)c1C(=O)O. The molecule has 0 unspecified atom stereocenters. The fourth-order valence-corrected chi connectivity index (χ4v) is 2.60. The van der Waals surface area contributed by atoms with Crippen molar-refractivity contribution in [3.05, 3.63) is 65.2 Å². The molecule has 0 spiro atoms. The highest BCUT2D eigenvalue weighted by Crippen LogP contribution is 2.29. The first-order valence-corrected chi connectivity index (χ1v) is 7.90. The smallest absolute Gasteiger partial charge is 0.416 e. The Balaban J connectivity index is 1.73. The number of halogens is 3. The summed E-state index contributed by atoms with van der Waals surface area (Å²) < 4.78 is 40.8. The number of alkyl halides is 3. The number of aromatic nitrogens is 4. The zero-order valence-corrected chi connectivity index (χ0v) is 14.4. The molecule has 2 N–H and O–H groups in total. The third-order valence-corrected chi connectivity index (χ3v) is 3.88. The van der Waals surface area contributed by atoms with Crippen LogP contribution in [0.2, 0.25) is 0 Å². The number of carboxylic acid groups (broad SMARTS) is 1. The van der Waals surface area contributed by atoms with E-state index in [2.05, 4.69) is 15.5 Å². The molecule has 0 saturated heterocycles. The Kier molecular flexibility index (Phi) is 4.91. The number of anilines is 1. The molecule has 0 saturated carbocycles. The highest BCUT2D eigenvalue weighted by atomic mass is 19.4. The van der Waals surface area contributed by atoms with Crippen LogP contribution in [0.25, 0.3) is 0 Å². The Hall–Kier alpha value is -3.63. The highest BCUT2D eigenvalue weighted by molar-refractivity contribution is 6.09. The lowest BCUT2D eigenvalue weighted by atomic mass is 10.1. The summed E-state index contributed by atoms with van der Waals surface area (Å²) in [4.78, 5) is 23.5. The Morgan fingerprint density at radius 3 is 2.64 bits per heavy atom. The number of rotatable bonds is 5. The molecular formula is C17H14F3N5O3. The maximum absolute atomic E-state index is 12.8. The number of carbonyl (C=O) groups excluding carboxylic acids is 1. The van der Waals surface area contributed by atoms with Crippen LogP contribution >= 0.6 is 0 Å². The van der Waals surface area contributed by atoms with E-state index in [1.165, 1.54) is 36.3 Å². The van der Waals surface area contributed by atoms with Crippen molar-refractivity contribution < 1.29 is 27.9 Å². The Labute approximate surface area is 156 Å². The summed E-state index contributed by atoms with van der Waals surface area (Å²) in [5.41, 5.74) is -0.508. The summed E-state index contributed by atoms with van der Waals surface area (Å²) in [5, 5.41) is 19.4. The van der Waals surface area contributed by atoms with Crippen LogP contribution in [0.3, 0.4) is 0 Å². The molecule has 0 bridgehead atoms. The fourth-order valence-electron chi connectivity index (χ4n) is 2.60. The molecule has 0 radical (unpaired) electrons. The molecule has 3 aromatic rings. The minimum Gasteiger partial charge on any atom is -0.477 e. The second kappa shape index (κ2) is 7.18. The van der Waals surface area contributed by atoms with Crippen LogP contribution < -0.4 is 5.32 Å². The van der Waals surface area contributed by atoms with Crippen LogP contribution in [-0.2, 0) is 19.8 Å². The first kappa shape index (κ1) is 19.1. The second-order valence-corrected chi connectivity index (χ2v) is 5.91. The molecule has 2 aromatic heterocycles. The Morgan fingerprint density at radius 1 is 1.21 bits per heavy atom. The number of aromatic carboxylic acids is 1. The van der Waals surface area contributed by atoms with E-state index in [-0.39, 0.29) is 23.5 Å². The van der Waals surface area contributed by atoms with E-state index in [0.717, 1.165) is 23.0 Å². The quantitative estimate of drug-likeness (QED) is 0.694. The first-order valence-electron chi connectivity index (χ1n) is 7.90. The van der Waals surface area contributed by atoms with Gasteiger partial charge >= 0.3 is 12.1 Å². The minimum absolute atomic E-state index is 0.0626. The van der Waals surface area contributed by atoms with Crippen LogP contribution in [0.1, 0.15) is 32.0 Å². The zero-order chi connectivity index (χ0) is 20.5. The molecule has 2 heterocycles. The van der Waals surface area contributed by atoms with Crippen molar-refractivity contribution in [1.29, 1.82) is 0 Å². The second-order valence-electron chi connectivity index (χ2n) is 5.91. The summed E-state index contributed by atoms with van der Waals surface area (Å²) in [6, 6.07) is 4.84. The van der Waals surface area contributed by atoms with Gasteiger partial charge in [-0.15, -0.1) is 0 Å². The molecule has 146 valence electrons. The molecule has 0 aliphatic rings. The number of benzene rings is 1. The maximum Gasteiger partial charge on any atom is 0.416 e. The molecule has 28 heavy (non-hydrogen) atoms. The molecule has 3 rings (SSSR count). The van der Waals surface area contributed by atoms with Crippen molar-refractivity contribution in [1.82, 2.24) is 19.6 Å². The molecule has 0 fully saturated rings. The van der Waals surface area contributed by atoms with Crippen LogP contribution in [0.15, 0.2) is 42.9 Å². The summed E-state index contributed by atoms with van der Waals surface area (Å²) in [7, 11) is 1.40. The number of hydrogen-bond acceptors (Lipinski definition) is 4. The summed E-state index contributed by atoms with van der Waals surface area (Å²) in [6.45, 7) is 0.0626. The number of nitrogens with zero attached hydrogens (tertiary/aromatic N) is 4. The molecule has 1 amide bonds. The average Bonchev–Trinajstić information content (AvgIpc) is 3.20. The van der Waals surface area contributed by atoms with Crippen LogP contribution in [0, 0.1) is 0 Å². The van der Waals surface area contributed by atoms with Gasteiger partial charge in [0.15, 0.2) is 5.69 Å². The Bertz CT molecular complexity index is 1040. The van der Waals surface area contributed by atoms with Gasteiger partial charge in [0.2, 0.25) is 0 Å². The van der Waals surface area contributed by atoms with Gasteiger partial charge in [0.05, 0.1) is 35.8 Å². The van der Waals surface area contributed by atoms with E-state index < -0.39 is 23.6 Å². The highest BCUT2D eigenvalue weighted by Gasteiger charge is 2.30. The number of carboxylic acids is 1. The van der Waals surface area contributed by atoms with Crippen molar-refractivity contribution >= 4 is 17.6 Å². The van der Waals surface area contributed by atoms with Gasteiger partial charge in [0.1, 0.15) is 0 Å². The van der Waals surface area contributed by atoms with Crippen LogP contribution in [0.4, 0.5) is 18.9 Å². The minimum atomic E-state index is -4.44. The van der Waals surface area contributed by atoms with E-state index >= 15 is 0 Å². The summed E-state index contributed by atoms with van der Waals surface area (Å²) >= 11 is 0. The van der Waals surface area contributed by atoms with Gasteiger partial charge in [-0.25, -0.2) is 4.79 Å². The summed E-state index contributed by atoms with van der Waals surface area (Å²) in [6.07, 6.45) is -0.575. The van der Waals surface area contributed by atoms with Crippen LogP contribution in [-0.4, -0.2) is 36.5 Å². The average molecular weight is 393 g/mol. The van der Waals surface area contributed by atoms with E-state index in [0.29, 0.717) is 5.56 Å². The van der Waals surface area contributed by atoms with Gasteiger partial charge in [-0.2, -0.15) is 23.4 Å². The van der Waals surface area contributed by atoms with Gasteiger partial charge in [0.25, 0.3) is 5.91 Å². The lowest BCUT2D eigenvalue weighted by Gasteiger charge is -2.08. The van der Waals surface area contributed by atoms with E-state index in [9.17, 15) is 22.8 Å². The van der Waals surface area contributed by atoms with Crippen molar-refractivity contribution in [3.63, 3.8) is 0 Å². The third kappa shape index (κ3) is 4.03. The number of nitrogens with one attached hydrogen (secondary N) is 1. The van der Waals surface area contributed by atoms with E-state index in [1.54, 1.807) is 0 Å². The number of hydrogen-bond donors (Lipinski definition) is 2. The fraction of sp³-hybridized carbons (Fsp3) is 0.176. The standard InChI is InChI=1S/C17H14F3N5O3/c1-24-14(16(27)28)13(7-21-24)15(26)23-12-6-22-25(9-12)8-10-3-2-4-11(5-10)17(18,19)20/h2-7,9H,8H2,1H3,(H,23,26)(H,27,28). The lowest BCUT2D eigenvalue weighted by Crippen LogP contribution is -2.16. The maximum atomic E-state index is 12.8. The van der Waals surface area contributed by atoms with Gasteiger partial charge in [-0.05, 0) is 17.7 Å². The number of carbonyl (C=O) groups is 2. The van der Waals surface area contributed by atoms with Gasteiger partial charge in [-0.3, -0.25) is 14.2 Å².